The van der Waals surface area contributed by atoms with Crippen molar-refractivity contribution in [1.29, 1.82) is 0 Å². The molecule has 1 nitrogen and oxygen atoms in total. The maximum absolute atomic E-state index is 13.2. The number of nitrogens with one attached hydrogen (secondary N) is 1. The Bertz CT molecular complexity index is 357. The van der Waals surface area contributed by atoms with Gasteiger partial charge in [-0.05, 0) is 42.8 Å². The fourth-order valence-electron chi connectivity index (χ4n) is 2.30. The van der Waals surface area contributed by atoms with Crippen LogP contribution in [0.4, 0.5) is 8.78 Å². The summed E-state index contributed by atoms with van der Waals surface area (Å²) in [6.45, 7) is 2.82. The van der Waals surface area contributed by atoms with Gasteiger partial charge in [0.2, 0.25) is 0 Å². The molecule has 94 valence electrons. The van der Waals surface area contributed by atoms with Gasteiger partial charge in [-0.3, -0.25) is 0 Å². The van der Waals surface area contributed by atoms with Crippen LogP contribution in [-0.4, -0.2) is 17.5 Å². The Kier molecular flexibility index (Phi) is 4.40. The third-order valence-corrected chi connectivity index (χ3v) is 4.47. The van der Waals surface area contributed by atoms with Crippen molar-refractivity contribution in [2.45, 2.75) is 31.1 Å². The van der Waals surface area contributed by atoms with Crippen LogP contribution >= 0.6 is 11.8 Å². The third-order valence-electron chi connectivity index (χ3n) is 3.00. The molecule has 2 rings (SSSR count). The van der Waals surface area contributed by atoms with Crippen LogP contribution < -0.4 is 5.32 Å². The average molecular weight is 257 g/mol. The molecule has 1 fully saturated rings. The maximum atomic E-state index is 13.2. The van der Waals surface area contributed by atoms with Crippen LogP contribution in [0.2, 0.25) is 0 Å². The predicted octanol–water partition coefficient (Wildman–Crippen LogP) is 3.51. The van der Waals surface area contributed by atoms with Crippen LogP contribution in [0.25, 0.3) is 0 Å². The van der Waals surface area contributed by atoms with Crippen molar-refractivity contribution in [3.8, 4) is 0 Å². The molecule has 1 heterocycles. The van der Waals surface area contributed by atoms with E-state index < -0.39 is 11.6 Å². The molecule has 2 unspecified atom stereocenters. The van der Waals surface area contributed by atoms with Gasteiger partial charge in [-0.25, -0.2) is 8.78 Å². The van der Waals surface area contributed by atoms with Gasteiger partial charge in [0.15, 0.2) is 0 Å². The molecular formula is C13H17F2NS. The lowest BCUT2D eigenvalue weighted by atomic mass is 10.0. The monoisotopic (exact) mass is 257 g/mol. The van der Waals surface area contributed by atoms with Gasteiger partial charge in [-0.2, -0.15) is 11.8 Å². The van der Waals surface area contributed by atoms with E-state index in [-0.39, 0.29) is 6.04 Å². The van der Waals surface area contributed by atoms with E-state index in [1.165, 1.54) is 18.6 Å². The summed E-state index contributed by atoms with van der Waals surface area (Å²) < 4.78 is 26.5. The van der Waals surface area contributed by atoms with Gasteiger partial charge in [0.1, 0.15) is 11.6 Å². The number of rotatable bonds is 4. The minimum Gasteiger partial charge on any atom is -0.309 e. The average Bonchev–Trinajstić information content (AvgIpc) is 2.77. The smallest absolute Gasteiger partial charge is 0.126 e. The van der Waals surface area contributed by atoms with Gasteiger partial charge >= 0.3 is 0 Å². The van der Waals surface area contributed by atoms with Crippen molar-refractivity contribution >= 4 is 11.8 Å². The fraction of sp³-hybridized carbons (Fsp3) is 0.538. The number of halogens is 2. The van der Waals surface area contributed by atoms with Crippen LogP contribution in [0, 0.1) is 11.6 Å². The molecule has 1 aliphatic heterocycles. The quantitative estimate of drug-likeness (QED) is 0.886. The Morgan fingerprint density at radius 2 is 2.06 bits per heavy atom. The van der Waals surface area contributed by atoms with Crippen molar-refractivity contribution in [3.63, 3.8) is 0 Å². The van der Waals surface area contributed by atoms with E-state index in [4.69, 9.17) is 0 Å². The highest BCUT2D eigenvalue weighted by molar-refractivity contribution is 8.00. The van der Waals surface area contributed by atoms with Crippen LogP contribution in [0.3, 0.4) is 0 Å². The second kappa shape index (κ2) is 5.83. The molecule has 0 aliphatic carbocycles. The second-order valence-electron chi connectivity index (χ2n) is 4.29. The largest absolute Gasteiger partial charge is 0.309 e. The first-order valence-electron chi connectivity index (χ1n) is 6.01. The van der Waals surface area contributed by atoms with E-state index in [1.807, 2.05) is 18.7 Å². The van der Waals surface area contributed by atoms with Crippen molar-refractivity contribution in [1.82, 2.24) is 5.32 Å². The van der Waals surface area contributed by atoms with Gasteiger partial charge in [-0.15, -0.1) is 0 Å². The minimum atomic E-state index is -0.495. The Morgan fingerprint density at radius 1 is 1.35 bits per heavy atom. The third kappa shape index (κ3) is 3.19. The lowest BCUT2D eigenvalue weighted by Gasteiger charge is -2.24. The first-order valence-corrected chi connectivity index (χ1v) is 7.06. The normalized spacial score (nSPS) is 21.7. The predicted molar refractivity (Wildman–Crippen MR) is 68.3 cm³/mol. The molecule has 1 aromatic rings. The summed E-state index contributed by atoms with van der Waals surface area (Å²) in [5.74, 6) is 0.154. The Hall–Kier alpha value is -0.610. The highest BCUT2D eigenvalue weighted by Gasteiger charge is 2.26. The van der Waals surface area contributed by atoms with Gasteiger partial charge in [-0.1, -0.05) is 6.92 Å². The zero-order chi connectivity index (χ0) is 12.3. The molecule has 1 N–H and O–H groups in total. The molecule has 0 amide bonds. The van der Waals surface area contributed by atoms with E-state index in [2.05, 4.69) is 5.32 Å². The Balaban J connectivity index is 2.24. The Morgan fingerprint density at radius 3 is 2.59 bits per heavy atom. The fourth-order valence-corrected chi connectivity index (χ4v) is 3.72. The van der Waals surface area contributed by atoms with Crippen LogP contribution in [0.15, 0.2) is 18.2 Å². The van der Waals surface area contributed by atoms with E-state index in [9.17, 15) is 8.78 Å². The summed E-state index contributed by atoms with van der Waals surface area (Å²) in [6, 6.07) is 3.86. The van der Waals surface area contributed by atoms with Gasteiger partial charge in [0.25, 0.3) is 0 Å². The number of hydrogen-bond acceptors (Lipinski definition) is 2. The molecular weight excluding hydrogens is 240 g/mol. The summed E-state index contributed by atoms with van der Waals surface area (Å²) in [6.07, 6.45) is 2.30. The highest BCUT2D eigenvalue weighted by atomic mass is 32.2. The summed E-state index contributed by atoms with van der Waals surface area (Å²) in [5.41, 5.74) is 0.726. The van der Waals surface area contributed by atoms with Gasteiger partial charge in [0, 0.05) is 17.4 Å². The summed E-state index contributed by atoms with van der Waals surface area (Å²) in [4.78, 5) is 0. The number of hydrogen-bond donors (Lipinski definition) is 1. The molecule has 2 atom stereocenters. The van der Waals surface area contributed by atoms with Crippen molar-refractivity contribution in [3.05, 3.63) is 35.4 Å². The van der Waals surface area contributed by atoms with E-state index in [0.29, 0.717) is 5.25 Å². The lowest BCUT2D eigenvalue weighted by Crippen LogP contribution is -2.29. The molecule has 1 saturated heterocycles. The first-order chi connectivity index (χ1) is 8.20. The number of thioether (sulfide) groups is 1. The zero-order valence-corrected chi connectivity index (χ0v) is 10.7. The van der Waals surface area contributed by atoms with E-state index >= 15 is 0 Å². The first kappa shape index (κ1) is 12.8. The standard InChI is InChI=1S/C13H17F2NS/c1-2-16-13(12-4-3-5-17-12)9-6-10(14)8-11(15)7-9/h6-8,12-13,16H,2-5H2,1H3. The second-order valence-corrected chi connectivity index (χ2v) is 5.64. The van der Waals surface area contributed by atoms with E-state index in [0.717, 1.165) is 30.3 Å². The molecule has 1 aliphatic rings. The maximum Gasteiger partial charge on any atom is 0.126 e. The molecule has 0 spiro atoms. The molecule has 1 aromatic carbocycles. The SMILES string of the molecule is CCNC(c1cc(F)cc(F)c1)C1CCCS1. The minimum absolute atomic E-state index is 0.0534. The summed E-state index contributed by atoms with van der Waals surface area (Å²) in [7, 11) is 0. The Labute approximate surface area is 105 Å². The summed E-state index contributed by atoms with van der Waals surface area (Å²) in [5, 5.41) is 3.77. The van der Waals surface area contributed by atoms with Gasteiger partial charge in [0.05, 0.1) is 0 Å². The van der Waals surface area contributed by atoms with Crippen molar-refractivity contribution in [2.75, 3.05) is 12.3 Å². The number of benzene rings is 1. The van der Waals surface area contributed by atoms with Crippen molar-refractivity contribution < 1.29 is 8.78 Å². The molecule has 0 bridgehead atoms. The molecule has 0 aromatic heterocycles. The molecule has 4 heteroatoms. The van der Waals surface area contributed by atoms with E-state index in [1.54, 1.807) is 0 Å². The van der Waals surface area contributed by atoms with Crippen LogP contribution in [0.5, 0.6) is 0 Å². The van der Waals surface area contributed by atoms with Crippen molar-refractivity contribution in [2.24, 2.45) is 0 Å². The lowest BCUT2D eigenvalue weighted by molar-refractivity contribution is 0.507. The zero-order valence-electron chi connectivity index (χ0n) is 9.88. The summed E-state index contributed by atoms with van der Waals surface area (Å²) >= 11 is 1.89. The van der Waals surface area contributed by atoms with Crippen LogP contribution in [-0.2, 0) is 0 Å². The molecule has 0 saturated carbocycles. The van der Waals surface area contributed by atoms with Gasteiger partial charge < -0.3 is 5.32 Å². The van der Waals surface area contributed by atoms with Crippen LogP contribution in [0.1, 0.15) is 31.4 Å². The highest BCUT2D eigenvalue weighted by Crippen LogP contribution is 2.36. The molecule has 17 heavy (non-hydrogen) atoms. The molecule has 0 radical (unpaired) electrons. The topological polar surface area (TPSA) is 12.0 Å².